The number of carbonyl (C=O) groups excluding carboxylic acids is 1. The lowest BCUT2D eigenvalue weighted by atomic mass is 10.1. The minimum atomic E-state index is -0.0445. The molecule has 1 aliphatic carbocycles. The molecule has 2 heterocycles. The predicted molar refractivity (Wildman–Crippen MR) is 96.4 cm³/mol. The van der Waals surface area contributed by atoms with Crippen molar-refractivity contribution in [2.24, 2.45) is 0 Å². The molecule has 2 aromatic rings. The molecule has 5 heteroatoms. The van der Waals surface area contributed by atoms with E-state index >= 15 is 0 Å². The van der Waals surface area contributed by atoms with Gasteiger partial charge in [-0.25, -0.2) is 0 Å². The molecule has 132 valence electrons. The van der Waals surface area contributed by atoms with E-state index in [1.807, 2.05) is 36.1 Å². The molecule has 0 N–H and O–H groups in total. The maximum atomic E-state index is 12.7. The van der Waals surface area contributed by atoms with E-state index in [1.165, 1.54) is 31.2 Å². The predicted octanol–water partition coefficient (Wildman–Crippen LogP) is 3.35. The normalized spacial score (nSPS) is 19.5. The van der Waals surface area contributed by atoms with E-state index in [-0.39, 0.29) is 5.91 Å². The van der Waals surface area contributed by atoms with E-state index in [9.17, 15) is 4.79 Å². The van der Waals surface area contributed by atoms with Crippen LogP contribution in [-0.4, -0.2) is 53.1 Å². The Kier molecular flexibility index (Phi) is 4.57. The largest absolute Gasteiger partial charge is 0.350 e. The summed E-state index contributed by atoms with van der Waals surface area (Å²) in [6.07, 6.45) is 5.33. The molecular formula is C20H25N3O2. The third-order valence-electron chi connectivity index (χ3n) is 5.51. The van der Waals surface area contributed by atoms with E-state index in [1.54, 1.807) is 6.07 Å². The highest BCUT2D eigenvalue weighted by atomic mass is 16.5. The van der Waals surface area contributed by atoms with Crippen molar-refractivity contribution in [3.05, 3.63) is 41.7 Å². The van der Waals surface area contributed by atoms with Crippen molar-refractivity contribution < 1.29 is 9.32 Å². The van der Waals surface area contributed by atoms with Crippen molar-refractivity contribution in [1.29, 1.82) is 0 Å². The maximum absolute atomic E-state index is 12.7. The maximum Gasteiger partial charge on any atom is 0.292 e. The van der Waals surface area contributed by atoms with E-state index in [0.717, 1.165) is 37.8 Å². The van der Waals surface area contributed by atoms with Crippen molar-refractivity contribution >= 4 is 5.91 Å². The van der Waals surface area contributed by atoms with Gasteiger partial charge in [-0.3, -0.25) is 9.69 Å². The van der Waals surface area contributed by atoms with Crippen LogP contribution in [0, 0.1) is 6.92 Å². The number of aromatic nitrogens is 1. The Labute approximate surface area is 148 Å². The number of rotatable bonds is 3. The number of aryl methyl sites for hydroxylation is 1. The highest BCUT2D eigenvalue weighted by Gasteiger charge is 2.29. The molecule has 2 aliphatic rings. The molecule has 0 bridgehead atoms. The van der Waals surface area contributed by atoms with Gasteiger partial charge in [0, 0.05) is 43.9 Å². The van der Waals surface area contributed by atoms with Gasteiger partial charge in [-0.05, 0) is 19.8 Å². The summed E-state index contributed by atoms with van der Waals surface area (Å²) in [5, 5.41) is 4.08. The average molecular weight is 339 g/mol. The zero-order valence-corrected chi connectivity index (χ0v) is 14.8. The summed E-state index contributed by atoms with van der Waals surface area (Å²) in [6, 6.07) is 10.6. The monoisotopic (exact) mass is 339 g/mol. The van der Waals surface area contributed by atoms with Crippen LogP contribution in [0.2, 0.25) is 0 Å². The number of benzene rings is 1. The van der Waals surface area contributed by atoms with Gasteiger partial charge in [0.1, 0.15) is 5.69 Å². The molecule has 1 aromatic heterocycles. The smallest absolute Gasteiger partial charge is 0.292 e. The fraction of sp³-hybridized carbons (Fsp3) is 0.500. The first-order chi connectivity index (χ1) is 12.2. The zero-order chi connectivity index (χ0) is 17.2. The van der Waals surface area contributed by atoms with E-state index in [0.29, 0.717) is 11.5 Å². The van der Waals surface area contributed by atoms with Crippen molar-refractivity contribution in [3.8, 4) is 11.3 Å². The summed E-state index contributed by atoms with van der Waals surface area (Å²) in [7, 11) is 0. The molecule has 4 rings (SSSR count). The highest BCUT2D eigenvalue weighted by molar-refractivity contribution is 5.92. The lowest BCUT2D eigenvalue weighted by molar-refractivity contribution is 0.0536. The van der Waals surface area contributed by atoms with Crippen LogP contribution in [0.4, 0.5) is 0 Å². The fourth-order valence-electron chi connectivity index (χ4n) is 3.95. The van der Waals surface area contributed by atoms with Gasteiger partial charge in [-0.1, -0.05) is 47.8 Å². The molecule has 0 unspecified atom stereocenters. The minimum Gasteiger partial charge on any atom is -0.350 e. The van der Waals surface area contributed by atoms with Gasteiger partial charge < -0.3 is 9.42 Å². The highest BCUT2D eigenvalue weighted by Crippen LogP contribution is 2.25. The quantitative estimate of drug-likeness (QED) is 0.860. The molecule has 5 nitrogen and oxygen atoms in total. The van der Waals surface area contributed by atoms with Crippen LogP contribution in [0.3, 0.4) is 0 Å². The second-order valence-electron chi connectivity index (χ2n) is 7.21. The second-order valence-corrected chi connectivity index (χ2v) is 7.21. The Morgan fingerprint density at radius 1 is 1.08 bits per heavy atom. The lowest BCUT2D eigenvalue weighted by Gasteiger charge is -2.37. The van der Waals surface area contributed by atoms with Gasteiger partial charge >= 0.3 is 0 Å². The molecule has 1 amide bonds. The van der Waals surface area contributed by atoms with Crippen molar-refractivity contribution in [1.82, 2.24) is 15.0 Å². The number of hydrogen-bond acceptors (Lipinski definition) is 4. The number of amides is 1. The van der Waals surface area contributed by atoms with Gasteiger partial charge in [0.05, 0.1) is 0 Å². The molecule has 0 atom stereocenters. The van der Waals surface area contributed by atoms with Crippen molar-refractivity contribution in [3.63, 3.8) is 0 Å². The van der Waals surface area contributed by atoms with Gasteiger partial charge in [0.25, 0.3) is 5.91 Å². The molecule has 1 aromatic carbocycles. The summed E-state index contributed by atoms with van der Waals surface area (Å²) >= 11 is 0. The standard InChI is InChI=1S/C20H25N3O2/c1-15-6-8-16(9-7-15)18-14-19(25-21-18)20(24)23-12-10-22(11-13-23)17-4-2-3-5-17/h6-9,14,17H,2-5,10-13H2,1H3. The molecule has 0 spiro atoms. The van der Waals surface area contributed by atoms with Gasteiger partial charge in [0.2, 0.25) is 5.76 Å². The first-order valence-corrected chi connectivity index (χ1v) is 9.28. The topological polar surface area (TPSA) is 49.6 Å². The molecule has 1 saturated carbocycles. The summed E-state index contributed by atoms with van der Waals surface area (Å²) in [4.78, 5) is 17.1. The van der Waals surface area contributed by atoms with Crippen LogP contribution in [0.15, 0.2) is 34.9 Å². The Bertz CT molecular complexity index is 724. The van der Waals surface area contributed by atoms with Crippen LogP contribution in [0.1, 0.15) is 41.8 Å². The van der Waals surface area contributed by atoms with Gasteiger partial charge in [-0.2, -0.15) is 0 Å². The van der Waals surface area contributed by atoms with Gasteiger partial charge in [0.15, 0.2) is 0 Å². The van der Waals surface area contributed by atoms with E-state index < -0.39 is 0 Å². The van der Waals surface area contributed by atoms with Crippen LogP contribution in [0.5, 0.6) is 0 Å². The van der Waals surface area contributed by atoms with E-state index in [4.69, 9.17) is 4.52 Å². The Hall–Kier alpha value is -2.14. The summed E-state index contributed by atoms with van der Waals surface area (Å²) < 4.78 is 5.34. The first-order valence-electron chi connectivity index (χ1n) is 9.28. The number of hydrogen-bond donors (Lipinski definition) is 0. The molecule has 2 fully saturated rings. The third-order valence-corrected chi connectivity index (χ3v) is 5.51. The van der Waals surface area contributed by atoms with E-state index in [2.05, 4.69) is 10.1 Å². The van der Waals surface area contributed by atoms with Crippen molar-refractivity contribution in [2.45, 2.75) is 38.6 Å². The molecule has 0 radical (unpaired) electrons. The number of piperazine rings is 1. The molecule has 1 saturated heterocycles. The second kappa shape index (κ2) is 7.00. The van der Waals surface area contributed by atoms with Crippen LogP contribution >= 0.6 is 0 Å². The molecular weight excluding hydrogens is 314 g/mol. The van der Waals surface area contributed by atoms with Crippen molar-refractivity contribution in [2.75, 3.05) is 26.2 Å². The molecule has 1 aliphatic heterocycles. The average Bonchev–Trinajstić information content (AvgIpc) is 3.34. The summed E-state index contributed by atoms with van der Waals surface area (Å²) in [6.45, 7) is 5.53. The van der Waals surface area contributed by atoms with Crippen LogP contribution < -0.4 is 0 Å². The van der Waals surface area contributed by atoms with Crippen LogP contribution in [0.25, 0.3) is 11.3 Å². The third kappa shape index (κ3) is 3.47. The van der Waals surface area contributed by atoms with Gasteiger partial charge in [-0.15, -0.1) is 0 Å². The Morgan fingerprint density at radius 2 is 1.76 bits per heavy atom. The number of carbonyl (C=O) groups is 1. The zero-order valence-electron chi connectivity index (χ0n) is 14.8. The fourth-order valence-corrected chi connectivity index (χ4v) is 3.95. The minimum absolute atomic E-state index is 0.0445. The first kappa shape index (κ1) is 16.3. The Balaban J connectivity index is 1.39. The Morgan fingerprint density at radius 3 is 2.44 bits per heavy atom. The lowest BCUT2D eigenvalue weighted by Crippen LogP contribution is -2.51. The SMILES string of the molecule is Cc1ccc(-c2cc(C(=O)N3CCN(C4CCCC4)CC3)on2)cc1. The summed E-state index contributed by atoms with van der Waals surface area (Å²) in [5.41, 5.74) is 2.89. The van der Waals surface area contributed by atoms with Crippen LogP contribution in [-0.2, 0) is 0 Å². The molecule has 25 heavy (non-hydrogen) atoms. The number of nitrogens with zero attached hydrogens (tertiary/aromatic N) is 3. The summed E-state index contributed by atoms with van der Waals surface area (Å²) in [5.74, 6) is 0.293.